The highest BCUT2D eigenvalue weighted by atomic mass is 32.1. The second kappa shape index (κ2) is 9.18. The number of carbonyl (C=O) groups is 3. The SMILES string of the molecule is CC(=O)N(c1cccc(C)c1)c1nc(COC(=O)[C@@H]2CC(=O)N(C3CCCC3)C2)cs1. The number of thiazole rings is 1. The van der Waals surface area contributed by atoms with E-state index in [1.165, 1.54) is 18.3 Å². The van der Waals surface area contributed by atoms with Gasteiger partial charge in [0.1, 0.15) is 6.61 Å². The molecule has 0 radical (unpaired) electrons. The molecule has 1 saturated carbocycles. The fraction of sp³-hybridized carbons (Fsp3) is 0.478. The lowest BCUT2D eigenvalue weighted by Gasteiger charge is -2.23. The van der Waals surface area contributed by atoms with E-state index in [-0.39, 0.29) is 36.9 Å². The van der Waals surface area contributed by atoms with Crippen LogP contribution in [0, 0.1) is 12.8 Å². The van der Waals surface area contributed by atoms with Gasteiger partial charge in [0.05, 0.1) is 17.3 Å². The molecule has 0 spiro atoms. The van der Waals surface area contributed by atoms with Crippen LogP contribution in [0.15, 0.2) is 29.6 Å². The number of aryl methyl sites for hydroxylation is 1. The number of nitrogens with zero attached hydrogens (tertiary/aromatic N) is 3. The molecule has 1 aromatic heterocycles. The maximum Gasteiger partial charge on any atom is 0.311 e. The third kappa shape index (κ3) is 4.79. The summed E-state index contributed by atoms with van der Waals surface area (Å²) in [5.74, 6) is -0.849. The average Bonchev–Trinajstić information content (AvgIpc) is 3.47. The van der Waals surface area contributed by atoms with Gasteiger partial charge in [0.2, 0.25) is 11.8 Å². The van der Waals surface area contributed by atoms with Crippen LogP contribution in [-0.4, -0.2) is 40.3 Å². The van der Waals surface area contributed by atoms with Crippen molar-refractivity contribution < 1.29 is 19.1 Å². The van der Waals surface area contributed by atoms with Gasteiger partial charge >= 0.3 is 5.97 Å². The summed E-state index contributed by atoms with van der Waals surface area (Å²) in [4.78, 5) is 45.0. The van der Waals surface area contributed by atoms with Crippen LogP contribution in [0.2, 0.25) is 0 Å². The highest BCUT2D eigenvalue weighted by Crippen LogP contribution is 2.31. The van der Waals surface area contributed by atoms with Crippen molar-refractivity contribution in [1.29, 1.82) is 0 Å². The van der Waals surface area contributed by atoms with Crippen molar-refractivity contribution in [1.82, 2.24) is 9.88 Å². The number of amides is 2. The Morgan fingerprint density at radius 2 is 2.06 bits per heavy atom. The molecule has 0 bridgehead atoms. The molecule has 1 aliphatic carbocycles. The highest BCUT2D eigenvalue weighted by molar-refractivity contribution is 7.14. The van der Waals surface area contributed by atoms with E-state index in [2.05, 4.69) is 4.98 Å². The van der Waals surface area contributed by atoms with E-state index in [0.717, 1.165) is 36.9 Å². The topological polar surface area (TPSA) is 79.8 Å². The average molecular weight is 442 g/mol. The maximum atomic E-state index is 12.5. The number of ether oxygens (including phenoxy) is 1. The van der Waals surface area contributed by atoms with Crippen molar-refractivity contribution in [3.63, 3.8) is 0 Å². The van der Waals surface area contributed by atoms with Crippen molar-refractivity contribution >= 4 is 39.9 Å². The second-order valence-electron chi connectivity index (χ2n) is 8.31. The first-order valence-electron chi connectivity index (χ1n) is 10.7. The van der Waals surface area contributed by atoms with Crippen molar-refractivity contribution in [3.05, 3.63) is 40.9 Å². The van der Waals surface area contributed by atoms with Crippen LogP contribution >= 0.6 is 11.3 Å². The van der Waals surface area contributed by atoms with Crippen molar-refractivity contribution in [2.24, 2.45) is 5.92 Å². The summed E-state index contributed by atoms with van der Waals surface area (Å²) in [6.45, 7) is 3.95. The van der Waals surface area contributed by atoms with Crippen LogP contribution in [0.5, 0.6) is 0 Å². The summed E-state index contributed by atoms with van der Waals surface area (Å²) in [5, 5.41) is 2.33. The molecular weight excluding hydrogens is 414 g/mol. The molecule has 1 atom stereocenters. The summed E-state index contributed by atoms with van der Waals surface area (Å²) >= 11 is 1.33. The minimum atomic E-state index is -0.410. The molecular formula is C23H27N3O4S. The second-order valence-corrected chi connectivity index (χ2v) is 9.14. The number of hydrogen-bond acceptors (Lipinski definition) is 6. The zero-order valence-corrected chi connectivity index (χ0v) is 18.7. The Hall–Kier alpha value is -2.74. The maximum absolute atomic E-state index is 12.5. The predicted molar refractivity (Wildman–Crippen MR) is 118 cm³/mol. The first kappa shape index (κ1) is 21.5. The van der Waals surface area contributed by atoms with Crippen LogP contribution in [0.25, 0.3) is 0 Å². The molecule has 1 aliphatic heterocycles. The number of hydrogen-bond donors (Lipinski definition) is 0. The van der Waals surface area contributed by atoms with E-state index >= 15 is 0 Å². The normalized spacial score (nSPS) is 19.1. The number of esters is 1. The Kier molecular flexibility index (Phi) is 6.36. The molecule has 164 valence electrons. The molecule has 2 fully saturated rings. The fourth-order valence-electron chi connectivity index (χ4n) is 4.38. The van der Waals surface area contributed by atoms with Crippen molar-refractivity contribution in [3.8, 4) is 0 Å². The molecule has 8 heteroatoms. The summed E-state index contributed by atoms with van der Waals surface area (Å²) in [7, 11) is 0. The van der Waals surface area contributed by atoms with E-state index in [1.807, 2.05) is 36.1 Å². The highest BCUT2D eigenvalue weighted by Gasteiger charge is 2.39. The van der Waals surface area contributed by atoms with E-state index in [4.69, 9.17) is 4.74 Å². The molecule has 4 rings (SSSR count). The van der Waals surface area contributed by atoms with E-state index in [1.54, 1.807) is 10.3 Å². The van der Waals surface area contributed by atoms with E-state index < -0.39 is 5.92 Å². The van der Waals surface area contributed by atoms with Crippen LogP contribution in [0.3, 0.4) is 0 Å². The van der Waals surface area contributed by atoms with Crippen LogP contribution < -0.4 is 4.90 Å². The van der Waals surface area contributed by atoms with Crippen LogP contribution in [0.1, 0.15) is 50.3 Å². The zero-order valence-electron chi connectivity index (χ0n) is 17.9. The first-order valence-corrected chi connectivity index (χ1v) is 11.6. The molecule has 2 aliphatic rings. The molecule has 0 N–H and O–H groups in total. The smallest absolute Gasteiger partial charge is 0.311 e. The van der Waals surface area contributed by atoms with Crippen LogP contribution in [0.4, 0.5) is 10.8 Å². The van der Waals surface area contributed by atoms with Gasteiger partial charge in [-0.15, -0.1) is 11.3 Å². The third-order valence-electron chi connectivity index (χ3n) is 5.93. The Morgan fingerprint density at radius 3 is 2.77 bits per heavy atom. The molecule has 7 nitrogen and oxygen atoms in total. The summed E-state index contributed by atoms with van der Waals surface area (Å²) < 4.78 is 5.47. The number of likely N-dealkylation sites (tertiary alicyclic amines) is 1. The lowest BCUT2D eigenvalue weighted by Crippen LogP contribution is -2.35. The van der Waals surface area contributed by atoms with Crippen LogP contribution in [-0.2, 0) is 25.7 Å². The Morgan fingerprint density at radius 1 is 1.29 bits per heavy atom. The van der Waals surface area contributed by atoms with Gasteiger partial charge in [-0.2, -0.15) is 0 Å². The van der Waals surface area contributed by atoms with Gasteiger partial charge in [-0.1, -0.05) is 25.0 Å². The number of aromatic nitrogens is 1. The summed E-state index contributed by atoms with van der Waals surface area (Å²) in [6, 6.07) is 7.94. The minimum Gasteiger partial charge on any atom is -0.459 e. The van der Waals surface area contributed by atoms with Gasteiger partial charge in [-0.25, -0.2) is 4.98 Å². The first-order chi connectivity index (χ1) is 14.9. The van der Waals surface area contributed by atoms with Gasteiger partial charge in [0.25, 0.3) is 0 Å². The van der Waals surface area contributed by atoms with Crippen molar-refractivity contribution in [2.75, 3.05) is 11.4 Å². The zero-order chi connectivity index (χ0) is 22.0. The van der Waals surface area contributed by atoms with Crippen molar-refractivity contribution in [2.45, 2.75) is 58.6 Å². The Labute approximate surface area is 186 Å². The number of carbonyl (C=O) groups excluding carboxylic acids is 3. The van der Waals surface area contributed by atoms with E-state index in [0.29, 0.717) is 17.4 Å². The fourth-order valence-corrected chi connectivity index (χ4v) is 5.25. The third-order valence-corrected chi connectivity index (χ3v) is 6.80. The minimum absolute atomic E-state index is 0.0308. The molecule has 1 saturated heterocycles. The lowest BCUT2D eigenvalue weighted by atomic mass is 10.1. The predicted octanol–water partition coefficient (Wildman–Crippen LogP) is 3.97. The van der Waals surface area contributed by atoms with Gasteiger partial charge in [0, 0.05) is 31.3 Å². The molecule has 2 amide bonds. The summed E-state index contributed by atoms with van der Waals surface area (Å²) in [5.41, 5.74) is 2.39. The number of benzene rings is 1. The molecule has 1 aromatic carbocycles. The monoisotopic (exact) mass is 441 g/mol. The number of rotatable bonds is 6. The van der Waals surface area contributed by atoms with Gasteiger partial charge in [-0.3, -0.25) is 19.3 Å². The molecule has 2 aromatic rings. The molecule has 31 heavy (non-hydrogen) atoms. The van der Waals surface area contributed by atoms with Gasteiger partial charge in [-0.05, 0) is 37.5 Å². The van der Waals surface area contributed by atoms with Gasteiger partial charge < -0.3 is 9.64 Å². The Bertz CT molecular complexity index is 983. The quantitative estimate of drug-likeness (QED) is 0.634. The number of anilines is 2. The lowest BCUT2D eigenvalue weighted by molar-refractivity contribution is -0.149. The van der Waals surface area contributed by atoms with Gasteiger partial charge in [0.15, 0.2) is 5.13 Å². The Balaban J connectivity index is 1.37. The summed E-state index contributed by atoms with van der Waals surface area (Å²) in [6.07, 6.45) is 4.58. The largest absolute Gasteiger partial charge is 0.459 e. The molecule has 2 heterocycles. The standard InChI is InChI=1S/C23H27N3O4S/c1-15-6-5-9-20(10-15)26(16(2)27)23-24-18(14-31-23)13-30-22(29)17-11-21(28)25(12-17)19-7-3-4-8-19/h5-6,9-10,14,17,19H,3-4,7-8,11-13H2,1-2H3/t17-/m1/s1. The van der Waals surface area contributed by atoms with E-state index in [9.17, 15) is 14.4 Å². The molecule has 0 unspecified atom stereocenters.